The number of carbonyl (C=O) groups excluding carboxylic acids is 6. The number of hydrogen-bond acceptors (Lipinski definition) is 11. The molecule has 0 bridgehead atoms. The molecule has 128 heavy (non-hydrogen) atoms. The number of carbonyl (C=O) groups is 6. The number of halogens is 4. The number of cyclic esters (lactones) is 1. The van der Waals surface area contributed by atoms with E-state index in [9.17, 15) is 28.8 Å². The van der Waals surface area contributed by atoms with E-state index in [2.05, 4.69) is 78.8 Å². The van der Waals surface area contributed by atoms with Crippen LogP contribution in [0.25, 0.3) is 0 Å². The normalized spacial score (nSPS) is 19.4. The maximum absolute atomic E-state index is 13.7. The number of benzene rings is 6. The second-order valence-electron chi connectivity index (χ2n) is 35.1. The number of nitrogens with one attached hydrogen (secondary N) is 4. The zero-order chi connectivity index (χ0) is 92.6. The molecule has 3 aliphatic carbocycles. The van der Waals surface area contributed by atoms with Crippen LogP contribution in [0.4, 0.5) is 5.69 Å². The zero-order valence-corrected chi connectivity index (χ0v) is 83.4. The Kier molecular flexibility index (Phi) is 55.7. The molecule has 2 aliphatic heterocycles. The summed E-state index contributed by atoms with van der Waals surface area (Å²) in [4.78, 5) is 82.2. The topological polar surface area (TPSA) is 213 Å². The first kappa shape index (κ1) is 110. The Morgan fingerprint density at radius 1 is 0.648 bits per heavy atom. The van der Waals surface area contributed by atoms with Crippen molar-refractivity contribution < 1.29 is 63.4 Å². The van der Waals surface area contributed by atoms with Gasteiger partial charge in [0.25, 0.3) is 0 Å². The molecule has 6 aromatic rings. The summed E-state index contributed by atoms with van der Waals surface area (Å²) in [6.07, 6.45) is 40.9. The minimum atomic E-state index is -1.61. The molecule has 15 nitrogen and oxygen atoms in total. The number of unbranched alkanes of at least 4 members (excludes halogenated alkanes) is 1. The SMILES string of the molecule is C1CCC([PH+](C2CCCCC2)C2CCCCC2)CC1.C=CCCC[C@H](Cc1ccccc1)C(=O)OC(c1ccccc1)[C@H](CC)NC(=O)[C@H](CC=C)CC(=O)N[C@@H](C)CCO.CC[C@@H]1NC(=O)[C@@H](CC(=O)N[C@@H](C)CCO)C/C=C/CCC[C@H](Cc2ccccc2)C(=O)OC1c1ccccc1.Cc1cc(C)c(N2[CH-]CCC2)c(C)c1.ClCCl.[2HH].[Cl][Ru]([Cl])=[CH]c1ccccc1. The van der Waals surface area contributed by atoms with Crippen molar-refractivity contribution in [2.75, 3.05) is 30.0 Å². The summed E-state index contributed by atoms with van der Waals surface area (Å²) >= 11 is 7.91. The summed E-state index contributed by atoms with van der Waals surface area (Å²) in [5.41, 5.74) is 14.2. The third-order valence-electron chi connectivity index (χ3n) is 24.9. The van der Waals surface area contributed by atoms with Crippen molar-refractivity contribution in [2.24, 2.45) is 23.7 Å². The molecule has 2 heterocycles. The standard InChI is InChI=1S/C35H48N2O5.C33H44N2O5.C18H33P.C13H18N.C7H6.CH2Cl2.2ClH.Ru.H2/c1-5-8-11-21-30(24-27-17-12-9-13-18-27)35(41)42-33(28-19-14-10-15-20-28)31(7-3)37-34(40)29(16-6-2)25-32(39)36-26(4)22-23-38;1-3-29-31(26-16-12-7-13-17-26)40-33(39)28(22-25-14-8-6-9-15-25)19-11-5-4-10-18-27(32(38)35-29)23-30(37)34-24(2)20-21-36;1-4-10-16(11-5-1)19(17-12-6-2-7-13-17)18-14-8-3-9-15-18;1-10-8-11(2)13(12(3)9-10)14-6-4-5-7-14;1-7-5-3-2-4-6-7;2-1-3;;;;/h5-6,9-10,12-15,17-20,26,29-31,33,38H,1-2,7-8,11,16,21-25H2,3-4H3,(H,36,39)(H,37,40);4,6-10,12-17,24,27-29,31,36H,3,5,11,18-23H2,1-2H3,(H,34,37)(H,35,38);16-18H,1-15H2;6,8-9H,4-5,7H2,1-3H3;1-6H;1H2;2*1H;;1H/q;;;-1;;;;;+2;/p-1/b;10-4+;;;;;;;;/t26-,29+,30+,31-,33?;24-,27+,28+,29-,31?;;;;;;;;/m00......../s1/i;;;;;;;;;1+1. The monoisotopic (exact) mass is 1940 g/mol. The molecule has 4 amide bonds. The number of hydrogen-bond donors (Lipinski definition) is 6. The number of anilines is 1. The number of ether oxygens (including phenoxy) is 2. The third kappa shape index (κ3) is 41.9. The molecular weight excluding hydrogens is 1790 g/mol. The van der Waals surface area contributed by atoms with Crippen LogP contribution in [0, 0.1) is 51.0 Å². The van der Waals surface area contributed by atoms with E-state index in [-0.39, 0.29) is 100 Å². The van der Waals surface area contributed by atoms with Crippen molar-refractivity contribution in [1.29, 1.82) is 0 Å². The summed E-state index contributed by atoms with van der Waals surface area (Å²) in [7, 11) is 11.3. The van der Waals surface area contributed by atoms with E-state index in [0.717, 1.165) is 53.5 Å². The molecule has 6 N–H and O–H groups in total. The van der Waals surface area contributed by atoms with Gasteiger partial charge in [-0.1, -0.05) is 203 Å². The van der Waals surface area contributed by atoms with Crippen molar-refractivity contribution in [2.45, 2.75) is 314 Å². The maximum atomic E-state index is 13.7. The van der Waals surface area contributed by atoms with Gasteiger partial charge in [0.2, 0.25) is 23.6 Å². The van der Waals surface area contributed by atoms with Crippen molar-refractivity contribution in [1.82, 2.24) is 21.3 Å². The number of amides is 4. The van der Waals surface area contributed by atoms with Gasteiger partial charge in [-0.3, -0.25) is 28.8 Å². The molecular formula is C107H154Cl4N5O10PRu. The van der Waals surface area contributed by atoms with Crippen molar-refractivity contribution >= 4 is 96.4 Å². The Hall–Kier alpha value is -6.84. The minimum absolute atomic E-state index is 0. The Labute approximate surface area is 794 Å². The fourth-order valence-corrected chi connectivity index (χ4v) is 25.5. The van der Waals surface area contributed by atoms with Gasteiger partial charge in [0.15, 0.2) is 0 Å². The van der Waals surface area contributed by atoms with Gasteiger partial charge in [-0.25, -0.2) is 6.54 Å². The number of esters is 2. The van der Waals surface area contributed by atoms with Crippen molar-refractivity contribution in [3.63, 3.8) is 0 Å². The van der Waals surface area contributed by atoms with Gasteiger partial charge in [-0.15, -0.1) is 36.4 Å². The summed E-state index contributed by atoms with van der Waals surface area (Å²) in [6, 6.07) is 52.0. The van der Waals surface area contributed by atoms with Crippen LogP contribution < -0.4 is 26.2 Å². The van der Waals surface area contributed by atoms with Gasteiger partial charge in [0.1, 0.15) is 12.2 Å². The Morgan fingerprint density at radius 3 is 1.67 bits per heavy atom. The Balaban J connectivity index is 0.000000308. The molecule has 21 heteroatoms. The molecule has 1 saturated heterocycles. The van der Waals surface area contributed by atoms with Crippen molar-refractivity contribution in [3.8, 4) is 0 Å². The number of nitrogens with zero attached hydrogens (tertiary/aromatic N) is 1. The number of alkyl halides is 2. The van der Waals surface area contributed by atoms with Gasteiger partial charge >= 0.3 is 85.3 Å². The van der Waals surface area contributed by atoms with Crippen LogP contribution in [0.3, 0.4) is 0 Å². The van der Waals surface area contributed by atoms with Crippen LogP contribution in [0.5, 0.6) is 0 Å². The fraction of sp³-hybridized carbons (Fsp3) is 0.533. The van der Waals surface area contributed by atoms with Gasteiger partial charge in [0, 0.05) is 53.2 Å². The Morgan fingerprint density at radius 2 is 1.17 bits per heavy atom. The molecule has 4 fully saturated rings. The average molecular weight is 1950 g/mol. The molecule has 5 aliphatic rings. The molecule has 708 valence electrons. The summed E-state index contributed by atoms with van der Waals surface area (Å²) < 4.78 is 14.4. The van der Waals surface area contributed by atoms with Crippen LogP contribution >= 0.6 is 50.5 Å². The number of aryl methyl sites for hydroxylation is 3. The predicted octanol–water partition coefficient (Wildman–Crippen LogP) is 24.9. The average Bonchev–Trinajstić information content (AvgIpc) is 1.44. The predicted molar refractivity (Wildman–Crippen MR) is 536 cm³/mol. The van der Waals surface area contributed by atoms with Gasteiger partial charge in [0.05, 0.1) is 58.1 Å². The zero-order valence-electron chi connectivity index (χ0n) is 77.6. The van der Waals surface area contributed by atoms with Crippen molar-refractivity contribution in [3.05, 3.63) is 252 Å². The number of allylic oxidation sites excluding steroid dienone is 4. The van der Waals surface area contributed by atoms with Crippen LogP contribution in [0.1, 0.15) is 285 Å². The van der Waals surface area contributed by atoms with Crippen LogP contribution in [0.2, 0.25) is 0 Å². The summed E-state index contributed by atoms with van der Waals surface area (Å²) in [6.45, 7) is 25.2. The van der Waals surface area contributed by atoms with E-state index in [0.29, 0.717) is 64.2 Å². The summed E-state index contributed by atoms with van der Waals surface area (Å²) in [5, 5.41) is 30.4. The quantitative estimate of drug-likeness (QED) is 0.00425. The summed E-state index contributed by atoms with van der Waals surface area (Å²) in [5.74, 6) is -3.42. The molecule has 0 aromatic heterocycles. The van der Waals surface area contributed by atoms with Gasteiger partial charge < -0.3 is 45.9 Å². The molecule has 2 unspecified atom stereocenters. The second-order valence-corrected chi connectivity index (χ2v) is 45.1. The second kappa shape index (κ2) is 64.9. The van der Waals surface area contributed by atoms with Gasteiger partial charge in [-0.05, 0) is 241 Å². The van der Waals surface area contributed by atoms with Crippen LogP contribution in [-0.4, -0.2) is 117 Å². The molecule has 3 saturated carbocycles. The van der Waals surface area contributed by atoms with E-state index in [1.165, 1.54) is 58.7 Å². The third-order valence-corrected chi connectivity index (χ3v) is 31.3. The fourth-order valence-electron chi connectivity index (χ4n) is 18.4. The number of aliphatic hydroxyl groups is 2. The molecule has 6 aromatic carbocycles. The van der Waals surface area contributed by atoms with E-state index in [4.69, 9.17) is 62.3 Å². The van der Waals surface area contributed by atoms with E-state index >= 15 is 0 Å². The molecule has 0 radical (unpaired) electrons. The number of aliphatic hydroxyl groups excluding tert-OH is 2. The first-order valence-corrected chi connectivity index (χ1v) is 55.8. The van der Waals surface area contributed by atoms with Gasteiger partial charge in [-0.2, -0.15) is 6.42 Å². The Bertz CT molecular complexity index is 4110. The molecule has 10 atom stereocenters. The van der Waals surface area contributed by atoms with E-state index < -0.39 is 49.6 Å². The molecule has 11 rings (SSSR count). The number of rotatable bonds is 34. The first-order valence-electron chi connectivity index (χ1n) is 47.5. The van der Waals surface area contributed by atoms with E-state index in [1.807, 2.05) is 202 Å². The first-order chi connectivity index (χ1) is 62.1. The van der Waals surface area contributed by atoms with Crippen LogP contribution in [0.15, 0.2) is 201 Å². The van der Waals surface area contributed by atoms with E-state index in [1.54, 1.807) is 102 Å². The van der Waals surface area contributed by atoms with Crippen LogP contribution in [-0.2, 0) is 64.6 Å². The molecule has 0 spiro atoms.